The third-order valence-electron chi connectivity index (χ3n) is 19.5. The van der Waals surface area contributed by atoms with Crippen LogP contribution in [0.3, 0.4) is 0 Å². The number of fused-ring (bicyclic) bond motifs is 10. The molecule has 0 bridgehead atoms. The smallest absolute Gasteiger partial charge is 0.244 e. The van der Waals surface area contributed by atoms with Gasteiger partial charge in [0.05, 0.1) is 0 Å². The van der Waals surface area contributed by atoms with Crippen LogP contribution in [0.5, 0.6) is 0 Å². The fourth-order valence-electron chi connectivity index (χ4n) is 16.2. The highest BCUT2D eigenvalue weighted by Crippen LogP contribution is 2.54. The fourth-order valence-corrected chi connectivity index (χ4v) is 16.2. The monoisotopic (exact) mass is 1060 g/mol. The molecule has 4 heterocycles. The highest BCUT2D eigenvalue weighted by molar-refractivity contribution is 7.03. The van der Waals surface area contributed by atoms with Crippen LogP contribution < -0.4 is 42.6 Å². The van der Waals surface area contributed by atoms with Gasteiger partial charge < -0.3 is 9.80 Å². The number of aryl methyl sites for hydroxylation is 4. The van der Waals surface area contributed by atoms with E-state index in [9.17, 15) is 0 Å². The van der Waals surface area contributed by atoms with E-state index in [0.717, 1.165) is 34.1 Å². The van der Waals surface area contributed by atoms with E-state index in [4.69, 9.17) is 0 Å². The summed E-state index contributed by atoms with van der Waals surface area (Å²) in [5.41, 5.74) is 36.1. The minimum atomic E-state index is 0.0275. The number of hydrogen-bond donors (Lipinski definition) is 0. The molecule has 0 saturated heterocycles. The van der Waals surface area contributed by atoms with Crippen molar-refractivity contribution < 1.29 is 0 Å². The van der Waals surface area contributed by atoms with Gasteiger partial charge in [-0.1, -0.05) is 203 Å². The molecule has 2 nitrogen and oxygen atoms in total. The molecule has 84 heavy (non-hydrogen) atoms. The zero-order chi connectivity index (χ0) is 55.6. The van der Waals surface area contributed by atoms with E-state index < -0.39 is 0 Å². The van der Waals surface area contributed by atoms with Crippen LogP contribution in [0, 0.1) is 27.7 Å². The van der Waals surface area contributed by atoms with Gasteiger partial charge in [-0.2, -0.15) is 0 Å². The summed E-state index contributed by atoms with van der Waals surface area (Å²) in [4.78, 5) is 4.92. The lowest BCUT2D eigenvalue weighted by Gasteiger charge is -2.34. The van der Waals surface area contributed by atoms with Crippen LogP contribution in [0.25, 0.3) is 99.1 Å². The molecule has 0 saturated carbocycles. The van der Waals surface area contributed by atoms with E-state index in [2.05, 4.69) is 292 Å². The average molecular weight is 1060 g/mol. The molecule has 0 fully saturated rings. The summed E-state index contributed by atoms with van der Waals surface area (Å²) in [5, 5.41) is 8.15. The number of nitrogens with zero attached hydrogens (tertiary/aromatic N) is 2. The first-order valence-electron chi connectivity index (χ1n) is 29.7. The number of anilines is 6. The maximum Gasteiger partial charge on any atom is 0.244 e. The van der Waals surface area contributed by atoms with Crippen molar-refractivity contribution >= 4 is 113 Å². The third kappa shape index (κ3) is 6.48. The Bertz CT molecular complexity index is 4690. The van der Waals surface area contributed by atoms with E-state index in [1.807, 2.05) is 0 Å². The van der Waals surface area contributed by atoms with Crippen LogP contribution >= 0.6 is 0 Å². The first-order valence-corrected chi connectivity index (χ1v) is 29.7. The molecule has 0 spiro atoms. The van der Waals surface area contributed by atoms with Gasteiger partial charge in [-0.3, -0.25) is 0 Å². The second-order valence-corrected chi connectivity index (χ2v) is 24.0. The van der Waals surface area contributed by atoms with Gasteiger partial charge >= 0.3 is 0 Å². The molecule has 0 atom stereocenters. The molecular weight excluding hydrogens is 1010 g/mol. The number of benzene rings is 14. The molecule has 0 radical (unpaired) electrons. The quantitative estimate of drug-likeness (QED) is 0.111. The number of para-hydroxylation sites is 4. The second kappa shape index (κ2) is 17.7. The van der Waals surface area contributed by atoms with Crippen molar-refractivity contribution in [3.63, 3.8) is 0 Å². The SMILES string of the molecule is Cc1cccc(C)c1-c1cc2c3c(cc4c(-c5c(C)cccc5C)cc5c6c(cc1c3c46)B1c3ccccc3-c3cc(N(c4ccccc4)c4ccccc4)cc-5c31)B1c3ccccc3-c3cc(N(c4ccccc4)c4ccccc4)cc-2c31. The molecule has 0 aromatic heterocycles. The summed E-state index contributed by atoms with van der Waals surface area (Å²) >= 11 is 0. The molecule has 4 aliphatic heterocycles. The lowest BCUT2D eigenvalue weighted by Crippen LogP contribution is -2.53. The highest BCUT2D eigenvalue weighted by Gasteiger charge is 2.45. The molecule has 14 aromatic rings. The maximum absolute atomic E-state index is 2.69. The van der Waals surface area contributed by atoms with Gasteiger partial charge in [0, 0.05) is 34.1 Å². The average Bonchev–Trinajstić information content (AvgIpc) is 1.21. The standard InChI is InChI=1S/C80H54B2N2/c1-47-23-21-24-48(2)73(47)59-43-61-67-41-55(83(51-27-9-5-10-28-51)52-29-11-6-12-30-52)39-65-57-35-18-20-38-70(57)82(79(65)67)72-46-64-60(74-49(3)25-22-26-50(74)4)44-62-68-42-56(84(53-31-13-7-14-32-53)54-33-15-8-16-34-54)40-66-58-36-17-19-37-69(58)81(80(66)68)71-45-63(59)77(75(61)72)78(64)76(62)71/h5-46H,1-4H3. The largest absolute Gasteiger partial charge is 0.310 e. The van der Waals surface area contributed by atoms with Crippen molar-refractivity contribution in [3.05, 3.63) is 277 Å². The minimum absolute atomic E-state index is 0.0275. The summed E-state index contributed by atoms with van der Waals surface area (Å²) in [5.74, 6) is 0. The van der Waals surface area contributed by atoms with Crippen LogP contribution in [0.15, 0.2) is 255 Å². The number of rotatable bonds is 8. The van der Waals surface area contributed by atoms with Crippen LogP contribution in [-0.4, -0.2) is 13.4 Å². The Morgan fingerprint density at radius 1 is 0.226 bits per heavy atom. The molecule has 390 valence electrons. The van der Waals surface area contributed by atoms with Gasteiger partial charge in [-0.25, -0.2) is 0 Å². The predicted molar refractivity (Wildman–Crippen MR) is 360 cm³/mol. The summed E-state index contributed by atoms with van der Waals surface area (Å²) in [6.45, 7) is 9.34. The van der Waals surface area contributed by atoms with Crippen molar-refractivity contribution in [2.45, 2.75) is 27.7 Å². The Morgan fingerprint density at radius 3 is 0.881 bits per heavy atom. The summed E-state index contributed by atoms with van der Waals surface area (Å²) in [6.07, 6.45) is 0. The summed E-state index contributed by atoms with van der Waals surface area (Å²) in [6, 6.07) is 96.8. The Kier molecular flexibility index (Phi) is 9.99. The molecule has 0 aliphatic carbocycles. The van der Waals surface area contributed by atoms with Gasteiger partial charge in [0.1, 0.15) is 0 Å². The molecule has 0 unspecified atom stereocenters. The normalized spacial score (nSPS) is 12.7. The van der Waals surface area contributed by atoms with Gasteiger partial charge in [0.2, 0.25) is 13.4 Å². The van der Waals surface area contributed by atoms with Crippen LogP contribution in [-0.2, 0) is 0 Å². The van der Waals surface area contributed by atoms with Crippen molar-refractivity contribution in [1.29, 1.82) is 0 Å². The minimum Gasteiger partial charge on any atom is -0.310 e. The lowest BCUT2D eigenvalue weighted by atomic mass is 9.34. The van der Waals surface area contributed by atoms with Crippen LogP contribution in [0.1, 0.15) is 22.3 Å². The van der Waals surface area contributed by atoms with Crippen molar-refractivity contribution in [2.24, 2.45) is 0 Å². The molecule has 4 heteroatoms. The highest BCUT2D eigenvalue weighted by atomic mass is 15.1. The van der Waals surface area contributed by atoms with E-state index >= 15 is 0 Å². The predicted octanol–water partition coefficient (Wildman–Crippen LogP) is 17.0. The van der Waals surface area contributed by atoms with Crippen LogP contribution in [0.4, 0.5) is 34.1 Å². The molecule has 14 aromatic carbocycles. The van der Waals surface area contributed by atoms with Crippen molar-refractivity contribution in [2.75, 3.05) is 9.80 Å². The molecule has 18 rings (SSSR count). The van der Waals surface area contributed by atoms with E-state index in [1.165, 1.54) is 154 Å². The van der Waals surface area contributed by atoms with Crippen molar-refractivity contribution in [3.8, 4) is 66.8 Å². The summed E-state index contributed by atoms with van der Waals surface area (Å²) in [7, 11) is 0. The first-order chi connectivity index (χ1) is 41.4. The Balaban J connectivity index is 1.04. The summed E-state index contributed by atoms with van der Waals surface area (Å²) < 4.78 is 0. The zero-order valence-corrected chi connectivity index (χ0v) is 47.3. The van der Waals surface area contributed by atoms with Gasteiger partial charge in [0.25, 0.3) is 0 Å². The second-order valence-electron chi connectivity index (χ2n) is 24.0. The van der Waals surface area contributed by atoms with Gasteiger partial charge in [0.15, 0.2) is 0 Å². The Hall–Kier alpha value is -10.2. The lowest BCUT2D eigenvalue weighted by molar-refractivity contribution is 1.29. The van der Waals surface area contributed by atoms with E-state index in [1.54, 1.807) is 0 Å². The molecular formula is C80H54B2N2. The Morgan fingerprint density at radius 2 is 0.536 bits per heavy atom. The number of hydrogen-bond acceptors (Lipinski definition) is 2. The Labute approximate surface area is 491 Å². The first kappa shape index (κ1) is 47.5. The van der Waals surface area contributed by atoms with Gasteiger partial charge in [-0.15, -0.1) is 0 Å². The van der Waals surface area contributed by atoms with Crippen molar-refractivity contribution in [1.82, 2.24) is 0 Å². The molecule has 0 amide bonds. The maximum atomic E-state index is 2.69. The topological polar surface area (TPSA) is 6.48 Å². The third-order valence-corrected chi connectivity index (χ3v) is 19.5. The zero-order valence-electron chi connectivity index (χ0n) is 47.3. The van der Waals surface area contributed by atoms with Crippen LogP contribution in [0.2, 0.25) is 0 Å². The van der Waals surface area contributed by atoms with E-state index in [-0.39, 0.29) is 13.4 Å². The molecule has 4 aliphatic rings. The van der Waals surface area contributed by atoms with E-state index in [0.29, 0.717) is 0 Å². The van der Waals surface area contributed by atoms with Gasteiger partial charge in [-0.05, 0) is 234 Å². The fraction of sp³-hybridized carbons (Fsp3) is 0.0500. The molecule has 0 N–H and O–H groups in total.